The third-order valence-corrected chi connectivity index (χ3v) is 6.48. The maximum Gasteiger partial charge on any atom is 0.307 e. The monoisotopic (exact) mass is 476 g/mol. The van der Waals surface area contributed by atoms with Crippen LogP contribution < -0.4 is 5.32 Å². The Morgan fingerprint density at radius 3 is 2.82 bits per heavy atom. The van der Waals surface area contributed by atoms with Gasteiger partial charge in [-0.25, -0.2) is 0 Å². The van der Waals surface area contributed by atoms with Gasteiger partial charge in [-0.05, 0) is 47.7 Å². The summed E-state index contributed by atoms with van der Waals surface area (Å²) in [6, 6.07) is 9.91. The lowest BCUT2D eigenvalue weighted by molar-refractivity contribution is -0.136. The van der Waals surface area contributed by atoms with Crippen LogP contribution in [0.2, 0.25) is 5.02 Å². The number of fused-ring (bicyclic) bond motifs is 2. The predicted molar refractivity (Wildman–Crippen MR) is 121 cm³/mol. The minimum absolute atomic E-state index is 0.00587. The van der Waals surface area contributed by atoms with Gasteiger partial charge in [-0.15, -0.1) is 11.3 Å². The van der Waals surface area contributed by atoms with Crippen molar-refractivity contribution in [2.75, 3.05) is 11.9 Å². The van der Waals surface area contributed by atoms with E-state index in [1.807, 2.05) is 36.5 Å². The number of anilines is 1. The molecule has 2 N–H and O–H groups in total. The SMILES string of the molecule is CCNc1cc(Cl)cc2c(Cn3cc(CC(=O)O)c4ccc(Br)cc43)csc12. The molecule has 4 rings (SSSR count). The maximum absolute atomic E-state index is 11.3. The fraction of sp³-hybridized carbons (Fsp3) is 0.190. The number of rotatable bonds is 6. The fourth-order valence-corrected chi connectivity index (χ4v) is 5.16. The van der Waals surface area contributed by atoms with Gasteiger partial charge in [0, 0.05) is 45.1 Å². The summed E-state index contributed by atoms with van der Waals surface area (Å²) in [6.07, 6.45) is 1.95. The number of nitrogens with one attached hydrogen (secondary N) is 1. The molecule has 2 aromatic heterocycles. The van der Waals surface area contributed by atoms with Crippen LogP contribution in [0.25, 0.3) is 21.0 Å². The third kappa shape index (κ3) is 3.64. The average molecular weight is 478 g/mol. The number of aliphatic carboxylic acids is 1. The van der Waals surface area contributed by atoms with E-state index in [9.17, 15) is 9.90 Å². The van der Waals surface area contributed by atoms with E-state index in [1.165, 1.54) is 10.3 Å². The van der Waals surface area contributed by atoms with Gasteiger partial charge in [0.25, 0.3) is 0 Å². The van der Waals surface area contributed by atoms with E-state index in [-0.39, 0.29) is 6.42 Å². The second-order valence-electron chi connectivity index (χ2n) is 6.64. The zero-order valence-corrected chi connectivity index (χ0v) is 18.3. The molecule has 0 aliphatic heterocycles. The molecule has 0 atom stereocenters. The summed E-state index contributed by atoms with van der Waals surface area (Å²) in [5.74, 6) is -0.829. The lowest BCUT2D eigenvalue weighted by Crippen LogP contribution is -2.00. The van der Waals surface area contributed by atoms with E-state index in [0.717, 1.165) is 38.6 Å². The van der Waals surface area contributed by atoms with E-state index >= 15 is 0 Å². The van der Waals surface area contributed by atoms with Crippen LogP contribution in [0.15, 0.2) is 46.4 Å². The normalized spacial score (nSPS) is 11.4. The summed E-state index contributed by atoms with van der Waals surface area (Å²) >= 11 is 11.6. The summed E-state index contributed by atoms with van der Waals surface area (Å²) in [6.45, 7) is 3.55. The zero-order valence-electron chi connectivity index (χ0n) is 15.1. The molecule has 0 spiro atoms. The topological polar surface area (TPSA) is 54.3 Å². The number of carboxylic acid groups (broad SMARTS) is 1. The molecule has 0 bridgehead atoms. The van der Waals surface area contributed by atoms with Gasteiger partial charge in [-0.2, -0.15) is 0 Å². The van der Waals surface area contributed by atoms with Crippen LogP contribution in [0, 0.1) is 0 Å². The van der Waals surface area contributed by atoms with Crippen molar-refractivity contribution < 1.29 is 9.90 Å². The number of carbonyl (C=O) groups is 1. The van der Waals surface area contributed by atoms with Gasteiger partial charge >= 0.3 is 5.97 Å². The minimum atomic E-state index is -0.829. The van der Waals surface area contributed by atoms with Crippen molar-refractivity contribution in [3.63, 3.8) is 0 Å². The molecular weight excluding hydrogens is 460 g/mol. The Hall–Kier alpha value is -2.02. The Balaban J connectivity index is 1.82. The van der Waals surface area contributed by atoms with E-state index in [0.29, 0.717) is 11.6 Å². The number of thiophene rings is 1. The highest BCUT2D eigenvalue weighted by Gasteiger charge is 2.15. The van der Waals surface area contributed by atoms with Crippen molar-refractivity contribution in [3.05, 3.63) is 62.5 Å². The van der Waals surface area contributed by atoms with Crippen molar-refractivity contribution in [2.24, 2.45) is 0 Å². The van der Waals surface area contributed by atoms with Crippen LogP contribution in [0.4, 0.5) is 5.69 Å². The van der Waals surface area contributed by atoms with E-state index in [1.54, 1.807) is 11.3 Å². The first-order chi connectivity index (χ1) is 13.5. The van der Waals surface area contributed by atoms with Crippen molar-refractivity contribution in [2.45, 2.75) is 19.9 Å². The number of nitrogens with zero attached hydrogens (tertiary/aromatic N) is 1. The molecule has 0 amide bonds. The number of hydrogen-bond acceptors (Lipinski definition) is 3. The minimum Gasteiger partial charge on any atom is -0.481 e. The van der Waals surface area contributed by atoms with E-state index in [2.05, 4.69) is 38.1 Å². The Morgan fingerprint density at radius 2 is 2.07 bits per heavy atom. The van der Waals surface area contributed by atoms with E-state index < -0.39 is 5.97 Å². The molecule has 4 nitrogen and oxygen atoms in total. The Bertz CT molecular complexity index is 1200. The highest BCUT2D eigenvalue weighted by atomic mass is 79.9. The first kappa shape index (κ1) is 19.3. The average Bonchev–Trinajstić information content (AvgIpc) is 3.17. The van der Waals surface area contributed by atoms with Crippen LogP contribution in [0.3, 0.4) is 0 Å². The number of aromatic nitrogens is 1. The lowest BCUT2D eigenvalue weighted by Gasteiger charge is -2.08. The van der Waals surface area contributed by atoms with Crippen LogP contribution in [-0.4, -0.2) is 22.2 Å². The predicted octanol–water partition coefficient (Wildman–Crippen LogP) is 6.38. The third-order valence-electron chi connectivity index (χ3n) is 4.70. The van der Waals surface area contributed by atoms with Crippen molar-refractivity contribution in [3.8, 4) is 0 Å². The van der Waals surface area contributed by atoms with Crippen molar-refractivity contribution in [1.82, 2.24) is 4.57 Å². The van der Waals surface area contributed by atoms with Crippen molar-refractivity contribution in [1.29, 1.82) is 0 Å². The molecule has 0 unspecified atom stereocenters. The van der Waals surface area contributed by atoms with Crippen molar-refractivity contribution >= 4 is 71.5 Å². The largest absolute Gasteiger partial charge is 0.481 e. The van der Waals surface area contributed by atoms with Crippen LogP contribution in [-0.2, 0) is 17.8 Å². The highest BCUT2D eigenvalue weighted by molar-refractivity contribution is 9.10. The van der Waals surface area contributed by atoms with Crippen LogP contribution >= 0.6 is 38.9 Å². The molecule has 144 valence electrons. The quantitative estimate of drug-likeness (QED) is 0.339. The summed E-state index contributed by atoms with van der Waals surface area (Å²) in [4.78, 5) is 11.3. The van der Waals surface area contributed by atoms with Gasteiger partial charge in [-0.3, -0.25) is 4.79 Å². The number of benzene rings is 2. The zero-order chi connectivity index (χ0) is 19.8. The van der Waals surface area contributed by atoms with Gasteiger partial charge in [0.15, 0.2) is 0 Å². The molecule has 0 fully saturated rings. The first-order valence-corrected chi connectivity index (χ1v) is 10.9. The molecule has 7 heteroatoms. The van der Waals surface area contributed by atoms with Gasteiger partial charge in [0.05, 0.1) is 16.8 Å². The Kier molecular flexibility index (Phi) is 5.36. The first-order valence-electron chi connectivity index (χ1n) is 8.88. The van der Waals surface area contributed by atoms with Gasteiger partial charge < -0.3 is 15.0 Å². The van der Waals surface area contributed by atoms with Gasteiger partial charge in [0.1, 0.15) is 0 Å². The molecule has 2 aromatic carbocycles. The molecule has 0 radical (unpaired) electrons. The summed E-state index contributed by atoms with van der Waals surface area (Å²) in [5.41, 5.74) is 4.05. The standard InChI is InChI=1S/C21H18BrClN2O2S/c1-2-24-18-8-15(23)7-17-13(11-28-21(17)18)10-25-9-12(5-20(26)27)16-4-3-14(22)6-19(16)25/h3-4,6-9,11,24H,2,5,10H2,1H3,(H,26,27). The fourth-order valence-electron chi connectivity index (χ4n) is 3.56. The lowest BCUT2D eigenvalue weighted by atomic mass is 10.1. The smallest absolute Gasteiger partial charge is 0.307 e. The number of halogens is 2. The second-order valence-corrected chi connectivity index (χ2v) is 8.87. The number of hydrogen-bond donors (Lipinski definition) is 2. The molecule has 28 heavy (non-hydrogen) atoms. The van der Waals surface area contributed by atoms with E-state index in [4.69, 9.17) is 11.6 Å². The molecule has 0 saturated heterocycles. The summed E-state index contributed by atoms with van der Waals surface area (Å²) in [5, 5.41) is 17.6. The highest BCUT2D eigenvalue weighted by Crippen LogP contribution is 2.36. The molecule has 0 aliphatic carbocycles. The summed E-state index contributed by atoms with van der Waals surface area (Å²) < 4.78 is 4.27. The van der Waals surface area contributed by atoms with Crippen LogP contribution in [0.1, 0.15) is 18.1 Å². The molecule has 2 heterocycles. The molecular formula is C21H18BrClN2O2S. The Labute approximate surface area is 179 Å². The molecule has 0 saturated carbocycles. The maximum atomic E-state index is 11.3. The molecule has 4 aromatic rings. The Morgan fingerprint density at radius 1 is 1.25 bits per heavy atom. The van der Waals surface area contributed by atoms with Gasteiger partial charge in [-0.1, -0.05) is 33.6 Å². The number of carboxylic acids is 1. The second kappa shape index (κ2) is 7.78. The van der Waals surface area contributed by atoms with Gasteiger partial charge in [0.2, 0.25) is 0 Å². The summed E-state index contributed by atoms with van der Waals surface area (Å²) in [7, 11) is 0. The van der Waals surface area contributed by atoms with Crippen LogP contribution in [0.5, 0.6) is 0 Å². The molecule has 0 aliphatic rings.